The molecule has 0 aliphatic carbocycles. The van der Waals surface area contributed by atoms with E-state index in [9.17, 15) is 18.0 Å². The Morgan fingerprint density at radius 2 is 2.00 bits per heavy atom. The number of likely N-dealkylation sites (N-methyl/N-ethyl adjacent to an activating group) is 1. The summed E-state index contributed by atoms with van der Waals surface area (Å²) in [5, 5.41) is 2.33. The molecule has 0 saturated carbocycles. The van der Waals surface area contributed by atoms with Crippen LogP contribution in [-0.4, -0.2) is 55.5 Å². The van der Waals surface area contributed by atoms with E-state index in [0.717, 1.165) is 32.0 Å². The Hall–Kier alpha value is -1.31. The monoisotopic (exact) mass is 363 g/mol. The van der Waals surface area contributed by atoms with Crippen LogP contribution in [0.25, 0.3) is 0 Å². The number of carbonyl (C=O) groups is 1. The number of benzene rings is 1. The van der Waals surface area contributed by atoms with Gasteiger partial charge in [-0.1, -0.05) is 11.6 Å². The van der Waals surface area contributed by atoms with Gasteiger partial charge in [-0.2, -0.15) is 13.2 Å². The zero-order valence-electron chi connectivity index (χ0n) is 13.7. The highest BCUT2D eigenvalue weighted by molar-refractivity contribution is 6.30. The highest BCUT2D eigenvalue weighted by Crippen LogP contribution is 2.36. The Bertz CT molecular complexity index is 586. The first-order chi connectivity index (χ1) is 11.2. The second-order valence-electron chi connectivity index (χ2n) is 6.19. The molecule has 0 unspecified atom stereocenters. The van der Waals surface area contributed by atoms with Crippen molar-refractivity contribution in [1.29, 1.82) is 0 Å². The summed E-state index contributed by atoms with van der Waals surface area (Å²) in [6.07, 6.45) is -2.70. The van der Waals surface area contributed by atoms with Gasteiger partial charge in [0.1, 0.15) is 0 Å². The van der Waals surface area contributed by atoms with Crippen molar-refractivity contribution < 1.29 is 18.0 Å². The summed E-state index contributed by atoms with van der Waals surface area (Å²) in [7, 11) is 3.87. The average molecular weight is 364 g/mol. The number of hydrogen-bond donors (Lipinski definition) is 1. The van der Waals surface area contributed by atoms with Crippen molar-refractivity contribution in [3.8, 4) is 0 Å². The number of likely N-dealkylation sites (tertiary alicyclic amines) is 1. The van der Waals surface area contributed by atoms with Crippen LogP contribution in [0.15, 0.2) is 18.2 Å². The van der Waals surface area contributed by atoms with Crippen molar-refractivity contribution in [3.05, 3.63) is 28.8 Å². The fraction of sp³-hybridized carbons (Fsp3) is 0.562. The predicted molar refractivity (Wildman–Crippen MR) is 88.2 cm³/mol. The van der Waals surface area contributed by atoms with Crippen molar-refractivity contribution in [2.45, 2.75) is 25.1 Å². The molecular weight excluding hydrogens is 343 g/mol. The molecule has 1 saturated heterocycles. The maximum Gasteiger partial charge on any atom is 0.418 e. The molecule has 2 rings (SSSR count). The van der Waals surface area contributed by atoms with E-state index in [-0.39, 0.29) is 23.3 Å². The molecule has 0 radical (unpaired) electrons. The van der Waals surface area contributed by atoms with Gasteiger partial charge in [-0.15, -0.1) is 0 Å². The minimum Gasteiger partial charge on any atom is -0.324 e. The number of hydrogen-bond acceptors (Lipinski definition) is 3. The van der Waals surface area contributed by atoms with Gasteiger partial charge in [0.25, 0.3) is 0 Å². The van der Waals surface area contributed by atoms with Gasteiger partial charge in [-0.3, -0.25) is 9.69 Å². The first-order valence-electron chi connectivity index (χ1n) is 7.72. The molecule has 24 heavy (non-hydrogen) atoms. The van der Waals surface area contributed by atoms with Gasteiger partial charge in [0.05, 0.1) is 17.8 Å². The van der Waals surface area contributed by atoms with E-state index in [1.54, 1.807) is 0 Å². The molecule has 0 aromatic heterocycles. The Morgan fingerprint density at radius 3 is 2.58 bits per heavy atom. The van der Waals surface area contributed by atoms with Crippen molar-refractivity contribution >= 4 is 23.2 Å². The number of alkyl halides is 3. The average Bonchev–Trinajstić information content (AvgIpc) is 2.48. The molecule has 134 valence electrons. The highest BCUT2D eigenvalue weighted by Gasteiger charge is 2.34. The van der Waals surface area contributed by atoms with Gasteiger partial charge in [-0.25, -0.2) is 0 Å². The van der Waals surface area contributed by atoms with Gasteiger partial charge in [-0.05, 0) is 58.2 Å². The van der Waals surface area contributed by atoms with Gasteiger partial charge in [0.15, 0.2) is 0 Å². The van der Waals surface area contributed by atoms with Crippen molar-refractivity contribution in [2.75, 3.05) is 39.0 Å². The SMILES string of the molecule is CN1CCC(N(C)CC(=O)Nc2ccc(Cl)cc2C(F)(F)F)CC1. The van der Waals surface area contributed by atoms with Crippen LogP contribution in [0.3, 0.4) is 0 Å². The number of carbonyl (C=O) groups excluding carboxylic acids is 1. The van der Waals surface area contributed by atoms with Gasteiger partial charge < -0.3 is 10.2 Å². The number of rotatable bonds is 4. The lowest BCUT2D eigenvalue weighted by Gasteiger charge is -2.34. The van der Waals surface area contributed by atoms with Gasteiger partial charge >= 0.3 is 6.18 Å². The van der Waals surface area contributed by atoms with Crippen LogP contribution >= 0.6 is 11.6 Å². The molecule has 1 heterocycles. The van der Waals surface area contributed by atoms with Gasteiger partial charge in [0.2, 0.25) is 5.91 Å². The molecule has 1 aromatic carbocycles. The molecule has 4 nitrogen and oxygen atoms in total. The topological polar surface area (TPSA) is 35.6 Å². The van der Waals surface area contributed by atoms with Crippen LogP contribution in [0.4, 0.5) is 18.9 Å². The van der Waals surface area contributed by atoms with Crippen LogP contribution in [0, 0.1) is 0 Å². The third-order valence-electron chi connectivity index (χ3n) is 4.27. The maximum absolute atomic E-state index is 13.0. The molecule has 0 atom stereocenters. The molecule has 1 aliphatic heterocycles. The van der Waals surface area contributed by atoms with E-state index in [1.807, 2.05) is 19.0 Å². The van der Waals surface area contributed by atoms with E-state index in [1.165, 1.54) is 12.1 Å². The Balaban J connectivity index is 2.00. The highest BCUT2D eigenvalue weighted by atomic mass is 35.5. The fourth-order valence-corrected chi connectivity index (χ4v) is 3.01. The summed E-state index contributed by atoms with van der Waals surface area (Å²) in [5.74, 6) is -0.468. The summed E-state index contributed by atoms with van der Waals surface area (Å²) >= 11 is 5.63. The van der Waals surface area contributed by atoms with E-state index in [2.05, 4.69) is 10.2 Å². The number of anilines is 1. The minimum atomic E-state index is -4.58. The largest absolute Gasteiger partial charge is 0.418 e. The summed E-state index contributed by atoms with van der Waals surface area (Å²) in [4.78, 5) is 16.2. The normalized spacial score (nSPS) is 17.3. The van der Waals surface area contributed by atoms with E-state index in [0.29, 0.717) is 0 Å². The third-order valence-corrected chi connectivity index (χ3v) is 4.50. The lowest BCUT2D eigenvalue weighted by Crippen LogP contribution is -2.44. The van der Waals surface area contributed by atoms with Crippen LogP contribution < -0.4 is 5.32 Å². The zero-order valence-corrected chi connectivity index (χ0v) is 14.4. The molecule has 8 heteroatoms. The number of nitrogens with zero attached hydrogens (tertiary/aromatic N) is 2. The fourth-order valence-electron chi connectivity index (χ4n) is 2.84. The smallest absolute Gasteiger partial charge is 0.324 e. The molecular formula is C16H21ClF3N3O. The number of amides is 1. The standard InChI is InChI=1S/C16H21ClF3N3O/c1-22-7-5-12(6-8-22)23(2)10-15(24)21-14-4-3-11(17)9-13(14)16(18,19)20/h3-4,9,12H,5-8,10H2,1-2H3,(H,21,24). The van der Waals surface area contributed by atoms with Crippen molar-refractivity contribution in [1.82, 2.24) is 9.80 Å². The molecule has 1 fully saturated rings. The van der Waals surface area contributed by atoms with E-state index >= 15 is 0 Å². The molecule has 1 aliphatic rings. The first-order valence-corrected chi connectivity index (χ1v) is 8.10. The Morgan fingerprint density at radius 1 is 1.38 bits per heavy atom. The molecule has 1 aromatic rings. The Kier molecular flexibility index (Phi) is 6.11. The number of halogens is 4. The van der Waals surface area contributed by atoms with Crippen LogP contribution in [0.1, 0.15) is 18.4 Å². The zero-order chi connectivity index (χ0) is 17.9. The lowest BCUT2D eigenvalue weighted by atomic mass is 10.0. The van der Waals surface area contributed by atoms with E-state index < -0.39 is 17.6 Å². The molecule has 0 bridgehead atoms. The Labute approximate surface area is 144 Å². The predicted octanol–water partition coefficient (Wildman–Crippen LogP) is 3.32. The molecule has 1 amide bonds. The summed E-state index contributed by atoms with van der Waals surface area (Å²) in [5.41, 5.74) is -1.21. The minimum absolute atomic E-state index is 0.0243. The summed E-state index contributed by atoms with van der Waals surface area (Å²) in [6.45, 7) is 1.95. The maximum atomic E-state index is 13.0. The van der Waals surface area contributed by atoms with Crippen LogP contribution in [0.2, 0.25) is 5.02 Å². The summed E-state index contributed by atoms with van der Waals surface area (Å²) < 4.78 is 39.1. The summed E-state index contributed by atoms with van der Waals surface area (Å²) in [6, 6.07) is 3.59. The third kappa shape index (κ3) is 5.09. The number of piperidine rings is 1. The molecule has 1 N–H and O–H groups in total. The second-order valence-corrected chi connectivity index (χ2v) is 6.62. The quantitative estimate of drug-likeness (QED) is 0.891. The van der Waals surface area contributed by atoms with E-state index in [4.69, 9.17) is 11.6 Å². The van der Waals surface area contributed by atoms with Crippen LogP contribution in [0.5, 0.6) is 0 Å². The second kappa shape index (κ2) is 7.72. The lowest BCUT2D eigenvalue weighted by molar-refractivity contribution is -0.137. The van der Waals surface area contributed by atoms with Gasteiger partial charge in [0, 0.05) is 11.1 Å². The molecule has 0 spiro atoms. The van der Waals surface area contributed by atoms with Crippen molar-refractivity contribution in [2.24, 2.45) is 0 Å². The van der Waals surface area contributed by atoms with Crippen LogP contribution in [-0.2, 0) is 11.0 Å². The first kappa shape index (κ1) is 19.0. The van der Waals surface area contributed by atoms with Crippen molar-refractivity contribution in [3.63, 3.8) is 0 Å². The number of nitrogens with one attached hydrogen (secondary N) is 1.